The molecule has 0 amide bonds. The van der Waals surface area contributed by atoms with Gasteiger partial charge in [-0.05, 0) is 45.0 Å². The molecular formula is C20H24FN3O5S. The van der Waals surface area contributed by atoms with Crippen molar-refractivity contribution in [3.63, 3.8) is 0 Å². The van der Waals surface area contributed by atoms with Gasteiger partial charge in [-0.2, -0.15) is 0 Å². The quantitative estimate of drug-likeness (QED) is 0.706. The molecule has 0 saturated heterocycles. The average molecular weight is 437 g/mol. The molecule has 0 bridgehead atoms. The van der Waals surface area contributed by atoms with E-state index in [1.807, 2.05) is 25.8 Å². The first kappa shape index (κ1) is 22.1. The maximum atomic E-state index is 13.5. The first-order valence-electron chi connectivity index (χ1n) is 9.41. The van der Waals surface area contributed by atoms with Crippen molar-refractivity contribution in [2.45, 2.75) is 43.7 Å². The van der Waals surface area contributed by atoms with Gasteiger partial charge in [-0.15, -0.1) is 0 Å². The van der Waals surface area contributed by atoms with Gasteiger partial charge < -0.3 is 5.11 Å². The highest BCUT2D eigenvalue weighted by Gasteiger charge is 2.36. The molecule has 8 nitrogen and oxygen atoms in total. The molecule has 0 aliphatic carbocycles. The van der Waals surface area contributed by atoms with Crippen LogP contribution >= 0.6 is 0 Å². The van der Waals surface area contributed by atoms with Gasteiger partial charge in [-0.1, -0.05) is 6.07 Å². The number of fused-ring (bicyclic) bond motifs is 1. The van der Waals surface area contributed by atoms with Crippen LogP contribution in [0.25, 0.3) is 0 Å². The van der Waals surface area contributed by atoms with Crippen molar-refractivity contribution < 1.29 is 22.7 Å². The summed E-state index contributed by atoms with van der Waals surface area (Å²) in [6.45, 7) is 4.67. The maximum Gasteiger partial charge on any atom is 0.296 e. The van der Waals surface area contributed by atoms with Crippen molar-refractivity contribution in [1.82, 2.24) is 14.5 Å². The van der Waals surface area contributed by atoms with E-state index in [1.54, 1.807) is 0 Å². The molecule has 1 aromatic carbocycles. The molecular weight excluding hydrogens is 413 g/mol. The Balaban J connectivity index is 1.96. The minimum atomic E-state index is -3.69. The van der Waals surface area contributed by atoms with Gasteiger partial charge in [0.15, 0.2) is 21.3 Å². The predicted octanol–water partition coefficient (Wildman–Crippen LogP) is 1.49. The van der Waals surface area contributed by atoms with E-state index >= 15 is 0 Å². The average Bonchev–Trinajstić information content (AvgIpc) is 2.65. The second kappa shape index (κ2) is 7.59. The lowest BCUT2D eigenvalue weighted by atomic mass is 9.98. The monoisotopic (exact) mass is 437 g/mol. The highest BCUT2D eigenvalue weighted by Crippen LogP contribution is 2.29. The van der Waals surface area contributed by atoms with Gasteiger partial charge in [0.25, 0.3) is 5.56 Å². The van der Waals surface area contributed by atoms with Gasteiger partial charge in [0.1, 0.15) is 11.6 Å². The fraction of sp³-hybridized carbons (Fsp3) is 0.450. The summed E-state index contributed by atoms with van der Waals surface area (Å²) in [4.78, 5) is 31.5. The number of hydrogen-bond donors (Lipinski definition) is 1. The van der Waals surface area contributed by atoms with E-state index in [0.29, 0.717) is 18.9 Å². The van der Waals surface area contributed by atoms with Gasteiger partial charge in [0, 0.05) is 25.8 Å². The Morgan fingerprint density at radius 2 is 1.97 bits per heavy atom. The van der Waals surface area contributed by atoms with Gasteiger partial charge in [0.05, 0.1) is 10.4 Å². The van der Waals surface area contributed by atoms with E-state index in [-0.39, 0.29) is 29.0 Å². The topological polar surface area (TPSA) is 110 Å². The van der Waals surface area contributed by atoms with E-state index in [0.717, 1.165) is 18.4 Å². The van der Waals surface area contributed by atoms with Crippen molar-refractivity contribution in [2.75, 3.05) is 19.8 Å². The lowest BCUT2D eigenvalue weighted by Crippen LogP contribution is -2.50. The van der Waals surface area contributed by atoms with Gasteiger partial charge in [-0.25, -0.2) is 17.8 Å². The van der Waals surface area contributed by atoms with Gasteiger partial charge >= 0.3 is 0 Å². The lowest BCUT2D eigenvalue weighted by molar-refractivity contribution is 0.0946. The second-order valence-electron chi connectivity index (χ2n) is 8.02. The Kier molecular flexibility index (Phi) is 5.59. The first-order chi connectivity index (χ1) is 13.8. The number of carbonyl (C=O) groups excluding carboxylic acids is 1. The second-order valence-corrected chi connectivity index (χ2v) is 10.0. The Morgan fingerprint density at radius 1 is 1.30 bits per heavy atom. The fourth-order valence-corrected chi connectivity index (χ4v) is 4.53. The van der Waals surface area contributed by atoms with E-state index in [2.05, 4.69) is 4.98 Å². The molecule has 2 heterocycles. The Labute approximate surface area is 173 Å². The van der Waals surface area contributed by atoms with Crippen LogP contribution in [-0.4, -0.2) is 53.6 Å². The van der Waals surface area contributed by atoms with E-state index < -0.39 is 38.3 Å². The summed E-state index contributed by atoms with van der Waals surface area (Å²) in [5.74, 6) is -1.63. The summed E-state index contributed by atoms with van der Waals surface area (Å²) < 4.78 is 38.7. The molecule has 0 atom stereocenters. The molecule has 0 fully saturated rings. The summed E-state index contributed by atoms with van der Waals surface area (Å²) in [7, 11) is -1.81. The number of Topliss-reactive ketones (excluding diaryl/α,β-unsaturated/α-hetero) is 1. The summed E-state index contributed by atoms with van der Waals surface area (Å²) in [5, 5.41) is 10.3. The number of ketones is 1. The summed E-state index contributed by atoms with van der Waals surface area (Å²) >= 11 is 0. The standard InChI is InChI=1S/C20H24FN3O5S/c1-20(2)19-22-16(17(26)18(27)24(19)10-9-23(20)3)14(25)8-6-12-5-7-13(21)11-15(12)30(4,28)29/h5,7,11,26H,6,8-10H2,1-4H3. The predicted molar refractivity (Wildman–Crippen MR) is 108 cm³/mol. The number of aromatic nitrogens is 2. The number of hydrogen-bond acceptors (Lipinski definition) is 7. The largest absolute Gasteiger partial charge is 0.501 e. The molecule has 1 aliphatic heterocycles. The molecule has 1 N–H and O–H groups in total. The molecule has 0 unspecified atom stereocenters. The molecule has 3 rings (SSSR count). The molecule has 0 spiro atoms. The smallest absolute Gasteiger partial charge is 0.296 e. The van der Waals surface area contributed by atoms with Crippen LogP contribution in [0, 0.1) is 5.82 Å². The molecule has 1 aliphatic rings. The summed E-state index contributed by atoms with van der Waals surface area (Å²) in [6.07, 6.45) is 0.752. The molecule has 0 saturated carbocycles. The van der Waals surface area contributed by atoms with Crippen LogP contribution in [0.15, 0.2) is 27.9 Å². The van der Waals surface area contributed by atoms with Crippen molar-refractivity contribution in [1.29, 1.82) is 0 Å². The number of sulfone groups is 1. The number of aryl methyl sites for hydroxylation is 1. The molecule has 2 aromatic rings. The zero-order valence-electron chi connectivity index (χ0n) is 17.3. The molecule has 30 heavy (non-hydrogen) atoms. The summed E-state index contributed by atoms with van der Waals surface area (Å²) in [6, 6.07) is 3.34. The normalized spacial score (nSPS) is 16.3. The highest BCUT2D eigenvalue weighted by molar-refractivity contribution is 7.90. The SMILES string of the molecule is CN1CCn2c(nc(C(=O)CCc3ccc(F)cc3S(C)(=O)=O)c(O)c2=O)C1(C)C. The van der Waals surface area contributed by atoms with Crippen molar-refractivity contribution >= 4 is 15.6 Å². The zero-order valence-corrected chi connectivity index (χ0v) is 18.1. The fourth-order valence-electron chi connectivity index (χ4n) is 3.56. The van der Waals surface area contributed by atoms with Crippen LogP contribution in [0.3, 0.4) is 0 Å². The number of rotatable bonds is 5. The number of nitrogens with zero attached hydrogens (tertiary/aromatic N) is 3. The summed E-state index contributed by atoms with van der Waals surface area (Å²) in [5.41, 5.74) is -1.36. The lowest BCUT2D eigenvalue weighted by Gasteiger charge is -2.40. The Bertz CT molecular complexity index is 1190. The van der Waals surface area contributed by atoms with E-state index in [1.165, 1.54) is 10.6 Å². The van der Waals surface area contributed by atoms with Crippen molar-refractivity contribution in [3.05, 3.63) is 51.5 Å². The van der Waals surface area contributed by atoms with E-state index in [9.17, 15) is 27.5 Å². The maximum absolute atomic E-state index is 13.5. The van der Waals surface area contributed by atoms with Crippen molar-refractivity contribution in [3.8, 4) is 5.75 Å². The Hall–Kier alpha value is -2.59. The third-order valence-electron chi connectivity index (χ3n) is 5.62. The van der Waals surface area contributed by atoms with Crippen LogP contribution in [0.5, 0.6) is 5.75 Å². The Morgan fingerprint density at radius 3 is 2.60 bits per heavy atom. The minimum absolute atomic E-state index is 0.00957. The molecule has 162 valence electrons. The zero-order chi connectivity index (χ0) is 22.4. The van der Waals surface area contributed by atoms with Crippen LogP contribution < -0.4 is 5.56 Å². The highest BCUT2D eigenvalue weighted by atomic mass is 32.2. The molecule has 10 heteroatoms. The number of halogens is 1. The molecule has 1 aromatic heterocycles. The molecule has 0 radical (unpaired) electrons. The number of aromatic hydroxyl groups is 1. The van der Waals surface area contributed by atoms with Crippen LogP contribution in [0.2, 0.25) is 0 Å². The van der Waals surface area contributed by atoms with Crippen LogP contribution in [0.4, 0.5) is 4.39 Å². The van der Waals surface area contributed by atoms with Crippen LogP contribution in [-0.2, 0) is 28.3 Å². The minimum Gasteiger partial charge on any atom is -0.501 e. The number of benzene rings is 1. The third kappa shape index (κ3) is 3.89. The van der Waals surface area contributed by atoms with Gasteiger partial charge in [0.2, 0.25) is 5.75 Å². The first-order valence-corrected chi connectivity index (χ1v) is 11.3. The third-order valence-corrected chi connectivity index (χ3v) is 6.80. The van der Waals surface area contributed by atoms with Crippen molar-refractivity contribution in [2.24, 2.45) is 0 Å². The van der Waals surface area contributed by atoms with Gasteiger partial charge in [-0.3, -0.25) is 19.1 Å². The van der Waals surface area contributed by atoms with E-state index in [4.69, 9.17) is 0 Å². The van der Waals surface area contributed by atoms with Crippen LogP contribution in [0.1, 0.15) is 42.1 Å². The number of likely N-dealkylation sites (N-methyl/N-ethyl adjacent to an activating group) is 1. The number of carbonyl (C=O) groups is 1.